The molecule has 0 unspecified atom stereocenters. The van der Waals surface area contributed by atoms with E-state index in [0.29, 0.717) is 22.7 Å². The molecule has 162 valence electrons. The van der Waals surface area contributed by atoms with Gasteiger partial charge in [0.15, 0.2) is 11.5 Å². The van der Waals surface area contributed by atoms with Crippen molar-refractivity contribution in [2.24, 2.45) is 0 Å². The van der Waals surface area contributed by atoms with E-state index in [2.05, 4.69) is 10.0 Å². The van der Waals surface area contributed by atoms with Gasteiger partial charge in [-0.25, -0.2) is 8.42 Å². The van der Waals surface area contributed by atoms with Gasteiger partial charge in [-0.05, 0) is 61.9 Å². The third-order valence-electron chi connectivity index (χ3n) is 4.69. The van der Waals surface area contributed by atoms with Crippen LogP contribution in [0, 0.1) is 13.8 Å². The molecule has 0 aliphatic rings. The SMILES string of the molecule is COc1ccc(S(=O)(=O)Nc2ccc(C(=O)Nc3ccc(C)cc3C)cc2)cc1OC. The molecule has 0 radical (unpaired) electrons. The number of sulfonamides is 1. The van der Waals surface area contributed by atoms with E-state index in [1.807, 2.05) is 32.0 Å². The first-order valence-electron chi connectivity index (χ1n) is 9.47. The van der Waals surface area contributed by atoms with Crippen LogP contribution in [0.4, 0.5) is 11.4 Å². The van der Waals surface area contributed by atoms with Gasteiger partial charge in [-0.15, -0.1) is 0 Å². The van der Waals surface area contributed by atoms with E-state index < -0.39 is 10.0 Å². The Bertz CT molecular complexity index is 1210. The van der Waals surface area contributed by atoms with Crippen LogP contribution in [-0.2, 0) is 10.0 Å². The van der Waals surface area contributed by atoms with Gasteiger partial charge in [0.25, 0.3) is 15.9 Å². The van der Waals surface area contributed by atoms with Crippen LogP contribution in [0.15, 0.2) is 65.6 Å². The number of carbonyl (C=O) groups is 1. The zero-order chi connectivity index (χ0) is 22.6. The van der Waals surface area contributed by atoms with Gasteiger partial charge in [-0.1, -0.05) is 17.7 Å². The first-order chi connectivity index (χ1) is 14.7. The van der Waals surface area contributed by atoms with Gasteiger partial charge in [-0.3, -0.25) is 9.52 Å². The second-order valence-corrected chi connectivity index (χ2v) is 8.65. The Kier molecular flexibility index (Phi) is 6.50. The van der Waals surface area contributed by atoms with Crippen molar-refractivity contribution in [2.75, 3.05) is 24.3 Å². The second-order valence-electron chi connectivity index (χ2n) is 6.97. The lowest BCUT2D eigenvalue weighted by atomic mass is 10.1. The smallest absolute Gasteiger partial charge is 0.262 e. The number of hydrogen-bond donors (Lipinski definition) is 2. The van der Waals surface area contributed by atoms with E-state index in [0.717, 1.165) is 16.8 Å². The van der Waals surface area contributed by atoms with E-state index in [1.165, 1.54) is 44.6 Å². The highest BCUT2D eigenvalue weighted by Gasteiger charge is 2.17. The number of ether oxygens (including phenoxy) is 2. The molecular formula is C23H24N2O5S. The van der Waals surface area contributed by atoms with Crippen molar-refractivity contribution in [1.29, 1.82) is 0 Å². The van der Waals surface area contributed by atoms with Crippen LogP contribution < -0.4 is 19.5 Å². The lowest BCUT2D eigenvalue weighted by Crippen LogP contribution is -2.15. The number of amides is 1. The summed E-state index contributed by atoms with van der Waals surface area (Å²) in [5.74, 6) is 0.464. The van der Waals surface area contributed by atoms with Crippen LogP contribution in [0.3, 0.4) is 0 Å². The predicted molar refractivity (Wildman–Crippen MR) is 121 cm³/mol. The van der Waals surface area contributed by atoms with Gasteiger partial charge >= 0.3 is 0 Å². The molecule has 3 aromatic rings. The van der Waals surface area contributed by atoms with E-state index in [4.69, 9.17) is 9.47 Å². The van der Waals surface area contributed by atoms with Crippen LogP contribution in [0.5, 0.6) is 11.5 Å². The fourth-order valence-corrected chi connectivity index (χ4v) is 4.11. The molecule has 0 fully saturated rings. The highest BCUT2D eigenvalue weighted by molar-refractivity contribution is 7.92. The lowest BCUT2D eigenvalue weighted by Gasteiger charge is -2.12. The summed E-state index contributed by atoms with van der Waals surface area (Å²) in [5.41, 5.74) is 3.55. The first kappa shape index (κ1) is 22.2. The molecule has 3 aromatic carbocycles. The molecule has 1 amide bonds. The predicted octanol–water partition coefficient (Wildman–Crippen LogP) is 4.37. The third kappa shape index (κ3) is 5.16. The number of nitrogens with one attached hydrogen (secondary N) is 2. The average molecular weight is 441 g/mol. The molecule has 0 aromatic heterocycles. The fraction of sp³-hybridized carbons (Fsp3) is 0.174. The number of anilines is 2. The average Bonchev–Trinajstić information content (AvgIpc) is 2.75. The molecule has 0 aliphatic heterocycles. The molecule has 0 atom stereocenters. The highest BCUT2D eigenvalue weighted by Crippen LogP contribution is 2.30. The van der Waals surface area contributed by atoms with E-state index in [-0.39, 0.29) is 10.8 Å². The minimum atomic E-state index is -3.85. The Labute approximate surface area is 182 Å². The normalized spacial score (nSPS) is 11.0. The number of carbonyl (C=O) groups excluding carboxylic acids is 1. The Balaban J connectivity index is 1.74. The van der Waals surface area contributed by atoms with Gasteiger partial charge in [-0.2, -0.15) is 0 Å². The van der Waals surface area contributed by atoms with Crippen LogP contribution in [0.25, 0.3) is 0 Å². The summed E-state index contributed by atoms with van der Waals surface area (Å²) >= 11 is 0. The van der Waals surface area contributed by atoms with E-state index >= 15 is 0 Å². The van der Waals surface area contributed by atoms with Crippen molar-refractivity contribution in [1.82, 2.24) is 0 Å². The van der Waals surface area contributed by atoms with Crippen LogP contribution >= 0.6 is 0 Å². The van der Waals surface area contributed by atoms with Gasteiger partial charge in [0.1, 0.15) is 0 Å². The second kappa shape index (κ2) is 9.09. The molecule has 0 saturated heterocycles. The van der Waals surface area contributed by atoms with Crippen molar-refractivity contribution in [2.45, 2.75) is 18.7 Å². The van der Waals surface area contributed by atoms with E-state index in [9.17, 15) is 13.2 Å². The molecule has 0 aliphatic carbocycles. The zero-order valence-corrected chi connectivity index (χ0v) is 18.5. The Morgan fingerprint density at radius 3 is 2.13 bits per heavy atom. The first-order valence-corrected chi connectivity index (χ1v) is 11.0. The molecular weight excluding hydrogens is 416 g/mol. The molecule has 0 bridgehead atoms. The zero-order valence-electron chi connectivity index (χ0n) is 17.7. The summed E-state index contributed by atoms with van der Waals surface area (Å²) in [6, 6.07) is 16.3. The molecule has 2 N–H and O–H groups in total. The minimum absolute atomic E-state index is 0.0295. The quantitative estimate of drug-likeness (QED) is 0.569. The van der Waals surface area contributed by atoms with Crippen LogP contribution in [-0.4, -0.2) is 28.5 Å². The van der Waals surface area contributed by atoms with Crippen molar-refractivity contribution >= 4 is 27.3 Å². The Morgan fingerprint density at radius 2 is 1.52 bits per heavy atom. The van der Waals surface area contributed by atoms with Gasteiger partial charge in [0.05, 0.1) is 19.1 Å². The molecule has 0 spiro atoms. The number of aryl methyl sites for hydroxylation is 2. The molecule has 0 saturated carbocycles. The molecule has 7 nitrogen and oxygen atoms in total. The maximum absolute atomic E-state index is 12.7. The summed E-state index contributed by atoms with van der Waals surface area (Å²) in [6.07, 6.45) is 0. The number of hydrogen-bond acceptors (Lipinski definition) is 5. The maximum Gasteiger partial charge on any atom is 0.262 e. The van der Waals surface area contributed by atoms with Crippen molar-refractivity contribution < 1.29 is 22.7 Å². The minimum Gasteiger partial charge on any atom is -0.493 e. The largest absolute Gasteiger partial charge is 0.493 e. The van der Waals surface area contributed by atoms with Crippen molar-refractivity contribution in [3.8, 4) is 11.5 Å². The van der Waals surface area contributed by atoms with E-state index in [1.54, 1.807) is 12.1 Å². The lowest BCUT2D eigenvalue weighted by molar-refractivity contribution is 0.102. The van der Waals surface area contributed by atoms with Crippen molar-refractivity contribution in [3.63, 3.8) is 0 Å². The Morgan fingerprint density at radius 1 is 0.839 bits per heavy atom. The summed E-state index contributed by atoms with van der Waals surface area (Å²) < 4.78 is 38.2. The van der Waals surface area contributed by atoms with Gasteiger partial charge < -0.3 is 14.8 Å². The highest BCUT2D eigenvalue weighted by atomic mass is 32.2. The number of rotatable bonds is 7. The van der Waals surface area contributed by atoms with Gasteiger partial charge in [0, 0.05) is 23.0 Å². The molecule has 31 heavy (non-hydrogen) atoms. The summed E-state index contributed by atoms with van der Waals surface area (Å²) in [5, 5.41) is 2.87. The topological polar surface area (TPSA) is 93.7 Å². The third-order valence-corrected chi connectivity index (χ3v) is 6.07. The van der Waals surface area contributed by atoms with Gasteiger partial charge in [0.2, 0.25) is 0 Å². The fourth-order valence-electron chi connectivity index (χ4n) is 3.04. The monoisotopic (exact) mass is 440 g/mol. The number of methoxy groups -OCH3 is 2. The van der Waals surface area contributed by atoms with Crippen LogP contribution in [0.2, 0.25) is 0 Å². The standard InChI is InChI=1S/C23H24N2O5S/c1-15-5-11-20(16(2)13-15)24-23(26)17-6-8-18(9-7-17)25-31(27,28)19-10-12-21(29-3)22(14-19)30-4/h5-14,25H,1-4H3,(H,24,26). The molecule has 0 heterocycles. The summed E-state index contributed by atoms with van der Waals surface area (Å²) in [7, 11) is -0.940. The summed E-state index contributed by atoms with van der Waals surface area (Å²) in [6.45, 7) is 3.91. The summed E-state index contributed by atoms with van der Waals surface area (Å²) in [4.78, 5) is 12.6. The molecule has 8 heteroatoms. The Hall–Kier alpha value is -3.52. The van der Waals surface area contributed by atoms with Crippen LogP contribution in [0.1, 0.15) is 21.5 Å². The maximum atomic E-state index is 12.7. The number of benzene rings is 3. The van der Waals surface area contributed by atoms with Crippen molar-refractivity contribution in [3.05, 3.63) is 77.4 Å². The molecule has 3 rings (SSSR count).